The molecule has 0 spiro atoms. The number of phenols is 1. The number of imide groups is 2. The first-order valence-electron chi connectivity index (χ1n) is 15.2. The third kappa shape index (κ3) is 4.75. The summed E-state index contributed by atoms with van der Waals surface area (Å²) in [7, 11) is 1.44. The van der Waals surface area contributed by atoms with Crippen LogP contribution in [-0.2, 0) is 19.2 Å². The minimum absolute atomic E-state index is 0.0275. The van der Waals surface area contributed by atoms with Crippen molar-refractivity contribution >= 4 is 68.6 Å². The minimum atomic E-state index is -1.26. The number of phenolic OH excluding ortho intramolecular Hbond substituents is 1. The number of halogens is 3. The van der Waals surface area contributed by atoms with E-state index in [0.717, 1.165) is 21.0 Å². The summed E-state index contributed by atoms with van der Waals surface area (Å²) in [5, 5.41) is 9.90. The van der Waals surface area contributed by atoms with E-state index in [1.165, 1.54) is 30.2 Å². The lowest BCUT2D eigenvalue weighted by molar-refractivity contribution is -0.132. The summed E-state index contributed by atoms with van der Waals surface area (Å²) in [6.07, 6.45) is 6.12. The van der Waals surface area contributed by atoms with Crippen molar-refractivity contribution in [1.82, 2.24) is 0 Å². The molecule has 240 valence electrons. The zero-order valence-corrected chi connectivity index (χ0v) is 27.7. The van der Waals surface area contributed by atoms with Crippen LogP contribution < -0.4 is 14.5 Å². The predicted octanol–water partition coefficient (Wildman–Crippen LogP) is 6.94. The number of allylic oxidation sites excluding steroid dienone is 3. The van der Waals surface area contributed by atoms with Crippen molar-refractivity contribution in [3.8, 4) is 11.5 Å². The maximum atomic E-state index is 14.4. The van der Waals surface area contributed by atoms with Gasteiger partial charge in [-0.05, 0) is 85.8 Å². The molecule has 0 radical (unpaired) electrons. The molecule has 2 heterocycles. The minimum Gasteiger partial charge on any atom is -0.504 e. The maximum Gasteiger partial charge on any atom is 0.241 e. The highest BCUT2D eigenvalue weighted by atomic mass is 79.9. The number of amides is 4. The van der Waals surface area contributed by atoms with Gasteiger partial charge in [-0.25, -0.2) is 9.29 Å². The van der Waals surface area contributed by atoms with Crippen LogP contribution >= 0.6 is 27.5 Å². The third-order valence-electron chi connectivity index (χ3n) is 10.3. The van der Waals surface area contributed by atoms with E-state index in [1.54, 1.807) is 49.4 Å². The molecule has 1 saturated carbocycles. The molecule has 4 amide bonds. The first kappa shape index (κ1) is 31.3. The summed E-state index contributed by atoms with van der Waals surface area (Å²) in [5.74, 6) is -5.24. The van der Waals surface area contributed by atoms with E-state index < -0.39 is 52.6 Å². The van der Waals surface area contributed by atoms with Gasteiger partial charge in [-0.3, -0.25) is 24.1 Å². The highest BCUT2D eigenvalue weighted by Crippen LogP contribution is 2.61. The van der Waals surface area contributed by atoms with Crippen LogP contribution in [0.4, 0.5) is 15.8 Å². The lowest BCUT2D eigenvalue weighted by Crippen LogP contribution is -2.49. The number of fused-ring (bicyclic) bond motifs is 4. The first-order chi connectivity index (χ1) is 22.4. The smallest absolute Gasteiger partial charge is 0.241 e. The summed E-state index contributed by atoms with van der Waals surface area (Å²) in [6, 6.07) is 15.5. The van der Waals surface area contributed by atoms with E-state index in [2.05, 4.69) is 15.9 Å². The standard InChI is InChI=1S/C36H29BrClFN2O6/c1-36-25(12-3-18-4-14-29(42)30(15-18)47-2)22-10-11-23-31(34(45)40(32(23)43)20-7-5-19(37)6-8-20)24(22)17-26(36)33(44)41(35(36)46)21-9-13-28(39)27(38)16-21/h3-10,12-16,23-26,31,42H,11,17H2,1-2H3. The Balaban J connectivity index is 1.33. The quantitative estimate of drug-likeness (QED) is 0.227. The van der Waals surface area contributed by atoms with Crippen LogP contribution in [0.5, 0.6) is 11.5 Å². The molecule has 0 aromatic heterocycles. The summed E-state index contributed by atoms with van der Waals surface area (Å²) in [6.45, 7) is 1.76. The first-order valence-corrected chi connectivity index (χ1v) is 16.3. The van der Waals surface area contributed by atoms with Crippen molar-refractivity contribution in [3.63, 3.8) is 0 Å². The van der Waals surface area contributed by atoms with Gasteiger partial charge in [-0.15, -0.1) is 0 Å². The zero-order valence-electron chi connectivity index (χ0n) is 25.3. The van der Waals surface area contributed by atoms with Crippen LogP contribution in [0.15, 0.2) is 82.9 Å². The highest BCUT2D eigenvalue weighted by molar-refractivity contribution is 9.10. The summed E-state index contributed by atoms with van der Waals surface area (Å²) in [4.78, 5) is 58.9. The number of rotatable bonds is 5. The third-order valence-corrected chi connectivity index (χ3v) is 11.1. The van der Waals surface area contributed by atoms with Crippen LogP contribution in [0.2, 0.25) is 5.02 Å². The molecule has 3 aromatic rings. The Morgan fingerprint density at radius 1 is 0.957 bits per heavy atom. The SMILES string of the molecule is COc1cc(C=CC2C3=CCC4C(=O)N(c5ccc(Br)cc5)C(=O)C4C3CC3C(=O)N(c4ccc(F)c(Cl)c4)C(=O)C23C)ccc1O. The Morgan fingerprint density at radius 3 is 2.38 bits per heavy atom. The Bertz CT molecular complexity index is 1930. The second-order valence-corrected chi connectivity index (χ2v) is 13.9. The molecular weight excluding hydrogens is 691 g/mol. The molecule has 2 saturated heterocycles. The van der Waals surface area contributed by atoms with E-state index in [9.17, 15) is 28.7 Å². The van der Waals surface area contributed by atoms with Gasteiger partial charge in [0.25, 0.3) is 0 Å². The molecular formula is C36H29BrClFN2O6. The van der Waals surface area contributed by atoms with Crippen LogP contribution in [0.3, 0.4) is 0 Å². The number of benzene rings is 3. The van der Waals surface area contributed by atoms with Crippen LogP contribution in [0.25, 0.3) is 6.08 Å². The van der Waals surface area contributed by atoms with Gasteiger partial charge in [-0.2, -0.15) is 0 Å². The maximum absolute atomic E-state index is 14.4. The van der Waals surface area contributed by atoms with Crippen molar-refractivity contribution in [2.45, 2.75) is 19.8 Å². The van der Waals surface area contributed by atoms with Gasteiger partial charge < -0.3 is 9.84 Å². The van der Waals surface area contributed by atoms with Crippen molar-refractivity contribution in [3.05, 3.63) is 99.3 Å². The Morgan fingerprint density at radius 2 is 1.68 bits per heavy atom. The average molecular weight is 720 g/mol. The Labute approximate surface area is 283 Å². The molecule has 1 N–H and O–H groups in total. The van der Waals surface area contributed by atoms with Crippen LogP contribution in [-0.4, -0.2) is 35.8 Å². The summed E-state index contributed by atoms with van der Waals surface area (Å²) in [5.41, 5.74) is 0.886. The number of carbonyl (C=O) groups excluding carboxylic acids is 4. The number of carbonyl (C=O) groups is 4. The van der Waals surface area contributed by atoms with Gasteiger partial charge in [0.15, 0.2) is 11.5 Å². The second-order valence-electron chi connectivity index (χ2n) is 12.6. The van der Waals surface area contributed by atoms with E-state index in [1.807, 2.05) is 12.2 Å². The Hall–Kier alpha value is -4.28. The van der Waals surface area contributed by atoms with Gasteiger partial charge in [0, 0.05) is 10.4 Å². The van der Waals surface area contributed by atoms with E-state index in [4.69, 9.17) is 16.3 Å². The van der Waals surface area contributed by atoms with Gasteiger partial charge in [0.2, 0.25) is 23.6 Å². The number of methoxy groups -OCH3 is 1. The number of hydrogen-bond donors (Lipinski definition) is 1. The Kier molecular flexibility index (Phi) is 7.63. The average Bonchev–Trinajstić information content (AvgIpc) is 3.42. The molecule has 3 aromatic carbocycles. The van der Waals surface area contributed by atoms with Crippen LogP contribution in [0, 0.1) is 40.8 Å². The molecule has 11 heteroatoms. The largest absolute Gasteiger partial charge is 0.504 e. The zero-order chi connectivity index (χ0) is 33.4. The molecule has 7 rings (SSSR count). The number of ether oxygens (including phenoxy) is 1. The van der Waals surface area contributed by atoms with Crippen molar-refractivity contribution < 1.29 is 33.4 Å². The number of aromatic hydroxyl groups is 1. The fourth-order valence-corrected chi connectivity index (χ4v) is 8.38. The molecule has 2 aliphatic heterocycles. The number of hydrogen-bond acceptors (Lipinski definition) is 6. The van der Waals surface area contributed by atoms with Crippen LogP contribution in [0.1, 0.15) is 25.3 Å². The molecule has 0 bridgehead atoms. The molecule has 6 atom stereocenters. The van der Waals surface area contributed by atoms with Gasteiger partial charge in [-0.1, -0.05) is 57.4 Å². The second kappa shape index (κ2) is 11.5. The fourth-order valence-electron chi connectivity index (χ4n) is 7.94. The molecule has 2 aliphatic carbocycles. The number of anilines is 2. The number of nitrogens with zero attached hydrogens (tertiary/aromatic N) is 2. The molecule has 47 heavy (non-hydrogen) atoms. The van der Waals surface area contributed by atoms with E-state index in [-0.39, 0.29) is 40.4 Å². The highest BCUT2D eigenvalue weighted by Gasteiger charge is 2.67. The lowest BCUT2D eigenvalue weighted by Gasteiger charge is -2.47. The molecule has 8 nitrogen and oxygen atoms in total. The van der Waals surface area contributed by atoms with E-state index >= 15 is 0 Å². The van der Waals surface area contributed by atoms with Gasteiger partial charge in [0.05, 0.1) is 46.7 Å². The van der Waals surface area contributed by atoms with Crippen molar-refractivity contribution in [1.29, 1.82) is 0 Å². The lowest BCUT2D eigenvalue weighted by atomic mass is 9.52. The summed E-state index contributed by atoms with van der Waals surface area (Å²) < 4.78 is 20.2. The van der Waals surface area contributed by atoms with Gasteiger partial charge >= 0.3 is 0 Å². The predicted molar refractivity (Wildman–Crippen MR) is 177 cm³/mol. The van der Waals surface area contributed by atoms with E-state index in [0.29, 0.717) is 17.7 Å². The summed E-state index contributed by atoms with van der Waals surface area (Å²) >= 11 is 9.47. The molecule has 6 unspecified atom stereocenters. The molecule has 4 aliphatic rings. The van der Waals surface area contributed by atoms with Crippen molar-refractivity contribution in [2.75, 3.05) is 16.9 Å². The fraction of sp³-hybridized carbons (Fsp3) is 0.278. The van der Waals surface area contributed by atoms with Crippen molar-refractivity contribution in [2.24, 2.45) is 35.0 Å². The monoisotopic (exact) mass is 718 g/mol. The normalized spacial score (nSPS) is 28.4. The van der Waals surface area contributed by atoms with Gasteiger partial charge in [0.1, 0.15) is 5.82 Å². The molecule has 3 fully saturated rings. The topological polar surface area (TPSA) is 104 Å².